The van der Waals surface area contributed by atoms with Crippen LogP contribution in [0.1, 0.15) is 13.8 Å². The quantitative estimate of drug-likeness (QED) is 0.744. The Morgan fingerprint density at radius 3 is 2.38 bits per heavy atom. The number of hydrogen-bond donors (Lipinski definition) is 1. The summed E-state index contributed by atoms with van der Waals surface area (Å²) >= 11 is 0. The average Bonchev–Trinajstić information content (AvgIpc) is 2.30. The van der Waals surface area contributed by atoms with Crippen molar-refractivity contribution in [1.29, 1.82) is 0 Å². The van der Waals surface area contributed by atoms with Gasteiger partial charge in [-0.3, -0.25) is 0 Å². The van der Waals surface area contributed by atoms with Crippen LogP contribution >= 0.6 is 0 Å². The summed E-state index contributed by atoms with van der Waals surface area (Å²) in [5.41, 5.74) is 5.38. The lowest BCUT2D eigenvalue weighted by Gasteiger charge is -2.05. The van der Waals surface area contributed by atoms with Gasteiger partial charge >= 0.3 is 0 Å². The number of aryl methyl sites for hydroxylation is 1. The van der Waals surface area contributed by atoms with Gasteiger partial charge < -0.3 is 10.3 Å². The molecular weight excluding hydrogens is 190 g/mol. The smallest absolute Gasteiger partial charge is 0.229 e. The Kier molecular flexibility index (Phi) is 2.34. The molecule has 0 radical (unpaired) electrons. The molecule has 1 rings (SSSR count). The van der Waals surface area contributed by atoms with Gasteiger partial charge in [0.2, 0.25) is 15.0 Å². The van der Waals surface area contributed by atoms with E-state index in [0.717, 1.165) is 0 Å². The van der Waals surface area contributed by atoms with Crippen molar-refractivity contribution in [2.24, 2.45) is 7.05 Å². The first-order valence-electron chi connectivity index (χ1n) is 3.88. The summed E-state index contributed by atoms with van der Waals surface area (Å²) in [6.07, 6.45) is 1.48. The highest BCUT2D eigenvalue weighted by Crippen LogP contribution is 2.15. The number of rotatable bonds is 2. The van der Waals surface area contributed by atoms with Gasteiger partial charge in [-0.2, -0.15) is 0 Å². The predicted molar refractivity (Wildman–Crippen MR) is 49.9 cm³/mol. The van der Waals surface area contributed by atoms with E-state index in [1.807, 2.05) is 0 Å². The van der Waals surface area contributed by atoms with Crippen LogP contribution in [0.25, 0.3) is 0 Å². The van der Waals surface area contributed by atoms with Gasteiger partial charge in [-0.15, -0.1) is 0 Å². The van der Waals surface area contributed by atoms with E-state index < -0.39 is 15.1 Å². The van der Waals surface area contributed by atoms with Crippen LogP contribution in [0.3, 0.4) is 0 Å². The largest absolute Gasteiger partial charge is 0.382 e. The van der Waals surface area contributed by atoms with E-state index in [-0.39, 0.29) is 11.0 Å². The van der Waals surface area contributed by atoms with E-state index >= 15 is 0 Å². The maximum absolute atomic E-state index is 11.6. The van der Waals surface area contributed by atoms with E-state index in [1.54, 1.807) is 20.9 Å². The molecule has 0 aromatic carbocycles. The molecule has 0 aliphatic heterocycles. The Balaban J connectivity index is 3.31. The van der Waals surface area contributed by atoms with Crippen LogP contribution in [0.4, 0.5) is 5.82 Å². The van der Waals surface area contributed by atoms with Gasteiger partial charge in [-0.05, 0) is 13.8 Å². The maximum Gasteiger partial charge on any atom is 0.229 e. The van der Waals surface area contributed by atoms with Crippen LogP contribution in [-0.2, 0) is 16.9 Å². The molecule has 0 aliphatic carbocycles. The summed E-state index contributed by atoms with van der Waals surface area (Å²) in [5.74, 6) is 0.224. The van der Waals surface area contributed by atoms with Crippen molar-refractivity contribution in [3.8, 4) is 0 Å². The average molecular weight is 203 g/mol. The Bertz CT molecular complexity index is 405. The van der Waals surface area contributed by atoms with E-state index in [4.69, 9.17) is 5.73 Å². The zero-order chi connectivity index (χ0) is 10.2. The molecule has 74 valence electrons. The summed E-state index contributed by atoms with van der Waals surface area (Å²) in [4.78, 5) is 3.76. The van der Waals surface area contributed by atoms with Crippen molar-refractivity contribution in [2.45, 2.75) is 24.3 Å². The van der Waals surface area contributed by atoms with Crippen molar-refractivity contribution in [3.05, 3.63) is 6.20 Å². The zero-order valence-electron chi connectivity index (χ0n) is 7.85. The molecule has 0 fully saturated rings. The first kappa shape index (κ1) is 10.0. The zero-order valence-corrected chi connectivity index (χ0v) is 8.67. The molecule has 0 saturated heterocycles. The van der Waals surface area contributed by atoms with Crippen LogP contribution in [0.15, 0.2) is 11.4 Å². The molecule has 13 heavy (non-hydrogen) atoms. The fourth-order valence-corrected chi connectivity index (χ4v) is 2.06. The molecular formula is C7H13N3O2S. The summed E-state index contributed by atoms with van der Waals surface area (Å²) < 4.78 is 24.7. The lowest BCUT2D eigenvalue weighted by Crippen LogP contribution is -2.18. The van der Waals surface area contributed by atoms with Crippen molar-refractivity contribution in [1.82, 2.24) is 9.55 Å². The van der Waals surface area contributed by atoms with Gasteiger partial charge in [0.15, 0.2) is 0 Å². The lowest BCUT2D eigenvalue weighted by atomic mass is 10.6. The number of nitrogen functional groups attached to an aromatic ring is 1. The molecule has 0 atom stereocenters. The molecule has 0 unspecified atom stereocenters. The fourth-order valence-electron chi connectivity index (χ4n) is 0.947. The van der Waals surface area contributed by atoms with Crippen LogP contribution in [0.5, 0.6) is 0 Å². The second-order valence-electron chi connectivity index (χ2n) is 3.15. The summed E-state index contributed by atoms with van der Waals surface area (Å²) in [6.45, 7) is 3.22. The predicted octanol–water partition coefficient (Wildman–Crippen LogP) is 0.184. The van der Waals surface area contributed by atoms with Crippen LogP contribution in [-0.4, -0.2) is 23.2 Å². The lowest BCUT2D eigenvalue weighted by molar-refractivity contribution is 0.570. The number of aromatic nitrogens is 2. The standard InChI is InChI=1S/C7H13N3O2S/c1-5(2)13(11,12)7-9-6(8)4-10(7)3/h4-5H,8H2,1-3H3. The molecule has 0 spiro atoms. The van der Waals surface area contributed by atoms with Gasteiger partial charge in [0.05, 0.1) is 5.25 Å². The van der Waals surface area contributed by atoms with Gasteiger partial charge in [-0.25, -0.2) is 13.4 Å². The minimum Gasteiger partial charge on any atom is -0.382 e. The number of imidazole rings is 1. The minimum atomic E-state index is -3.31. The molecule has 1 heterocycles. The highest BCUT2D eigenvalue weighted by atomic mass is 32.2. The van der Waals surface area contributed by atoms with E-state index in [9.17, 15) is 8.42 Å². The molecule has 0 saturated carbocycles. The Morgan fingerprint density at radius 2 is 2.08 bits per heavy atom. The van der Waals surface area contributed by atoms with Gasteiger partial charge in [0.1, 0.15) is 5.82 Å². The molecule has 5 nitrogen and oxygen atoms in total. The Labute approximate surface area is 77.5 Å². The summed E-state index contributed by atoms with van der Waals surface area (Å²) in [6, 6.07) is 0. The minimum absolute atomic E-state index is 0.0278. The fraction of sp³-hybridized carbons (Fsp3) is 0.571. The highest BCUT2D eigenvalue weighted by Gasteiger charge is 2.24. The topological polar surface area (TPSA) is 78.0 Å². The third-order valence-corrected chi connectivity index (χ3v) is 3.86. The Morgan fingerprint density at radius 1 is 1.54 bits per heavy atom. The number of nitrogens with zero attached hydrogens (tertiary/aromatic N) is 2. The normalized spacial score (nSPS) is 12.3. The van der Waals surface area contributed by atoms with Gasteiger partial charge in [0.25, 0.3) is 0 Å². The SMILES string of the molecule is CC(C)S(=O)(=O)c1nc(N)cn1C. The Hall–Kier alpha value is -1.04. The third-order valence-electron chi connectivity index (χ3n) is 1.73. The number of nitrogens with two attached hydrogens (primary N) is 1. The summed E-state index contributed by atoms with van der Waals surface area (Å²) in [7, 11) is -1.71. The number of hydrogen-bond acceptors (Lipinski definition) is 4. The highest BCUT2D eigenvalue weighted by molar-refractivity contribution is 7.91. The second kappa shape index (κ2) is 3.02. The number of anilines is 1. The van der Waals surface area contributed by atoms with Gasteiger partial charge in [-0.1, -0.05) is 0 Å². The third kappa shape index (κ3) is 1.67. The molecule has 2 N–H and O–H groups in total. The van der Waals surface area contributed by atoms with Crippen molar-refractivity contribution in [2.75, 3.05) is 5.73 Å². The first-order valence-corrected chi connectivity index (χ1v) is 5.43. The molecule has 1 aromatic rings. The van der Waals surface area contributed by atoms with Crippen LogP contribution < -0.4 is 5.73 Å². The van der Waals surface area contributed by atoms with E-state index in [0.29, 0.717) is 0 Å². The van der Waals surface area contributed by atoms with Crippen molar-refractivity contribution >= 4 is 15.7 Å². The monoisotopic (exact) mass is 203 g/mol. The van der Waals surface area contributed by atoms with E-state index in [2.05, 4.69) is 4.98 Å². The first-order chi connectivity index (χ1) is 5.85. The van der Waals surface area contributed by atoms with Gasteiger partial charge in [0, 0.05) is 13.2 Å². The molecule has 0 aliphatic rings. The number of sulfone groups is 1. The van der Waals surface area contributed by atoms with E-state index in [1.165, 1.54) is 10.8 Å². The molecule has 1 aromatic heterocycles. The maximum atomic E-state index is 11.6. The van der Waals surface area contributed by atoms with Crippen molar-refractivity contribution in [3.63, 3.8) is 0 Å². The molecule has 6 heteroatoms. The molecule has 0 amide bonds. The van der Waals surface area contributed by atoms with Crippen molar-refractivity contribution < 1.29 is 8.42 Å². The summed E-state index contributed by atoms with van der Waals surface area (Å²) in [5, 5.41) is -0.451. The van der Waals surface area contributed by atoms with Crippen LogP contribution in [0, 0.1) is 0 Å². The molecule has 0 bridgehead atoms. The van der Waals surface area contributed by atoms with Crippen LogP contribution in [0.2, 0.25) is 0 Å². The second-order valence-corrected chi connectivity index (χ2v) is 5.55.